The van der Waals surface area contributed by atoms with Crippen molar-refractivity contribution in [2.24, 2.45) is 0 Å². The normalized spacial score (nSPS) is 18.4. The first kappa shape index (κ1) is 21.7. The number of hydrogen-bond donors (Lipinski definition) is 0. The summed E-state index contributed by atoms with van der Waals surface area (Å²) in [5.41, 5.74) is 2.90. The molecule has 3 rings (SSSR count). The molecule has 0 aromatic heterocycles. The Labute approximate surface area is 177 Å². The van der Waals surface area contributed by atoms with E-state index < -0.39 is 11.6 Å². The number of amides is 1. The molecule has 2 aromatic carbocycles. The van der Waals surface area contributed by atoms with E-state index in [0.29, 0.717) is 12.0 Å². The highest BCUT2D eigenvalue weighted by atomic mass is 16.6. The van der Waals surface area contributed by atoms with Crippen LogP contribution in [-0.4, -0.2) is 42.8 Å². The van der Waals surface area contributed by atoms with Gasteiger partial charge in [-0.15, -0.1) is 0 Å². The minimum absolute atomic E-state index is 0.0789. The third-order valence-electron chi connectivity index (χ3n) is 5.16. The van der Waals surface area contributed by atoms with Gasteiger partial charge in [-0.2, -0.15) is 0 Å². The molecular formula is C24H29NO5. The van der Waals surface area contributed by atoms with Crippen LogP contribution >= 0.6 is 0 Å². The summed E-state index contributed by atoms with van der Waals surface area (Å²) in [4.78, 5) is 26.8. The maximum Gasteiger partial charge on any atom is 0.411 e. The van der Waals surface area contributed by atoms with Gasteiger partial charge in [0, 0.05) is 6.04 Å². The molecule has 0 saturated carbocycles. The molecule has 1 aliphatic heterocycles. The number of carbonyl (C=O) groups excluding carboxylic acids is 2. The van der Waals surface area contributed by atoms with Gasteiger partial charge in [0.1, 0.15) is 11.4 Å². The maximum atomic E-state index is 13.2. The van der Waals surface area contributed by atoms with Crippen molar-refractivity contribution in [2.75, 3.05) is 14.2 Å². The molecule has 160 valence electrons. The third kappa shape index (κ3) is 4.42. The molecule has 2 aromatic rings. The monoisotopic (exact) mass is 411 g/mol. The van der Waals surface area contributed by atoms with E-state index in [1.54, 1.807) is 24.1 Å². The van der Waals surface area contributed by atoms with Crippen LogP contribution in [0.15, 0.2) is 42.5 Å². The van der Waals surface area contributed by atoms with Crippen LogP contribution in [0.1, 0.15) is 60.8 Å². The summed E-state index contributed by atoms with van der Waals surface area (Å²) in [6, 6.07) is 12.7. The lowest BCUT2D eigenvalue weighted by Gasteiger charge is -2.42. The van der Waals surface area contributed by atoms with Crippen LogP contribution in [0.25, 0.3) is 0 Å². The molecule has 0 saturated heterocycles. The maximum absolute atomic E-state index is 13.2. The Hall–Kier alpha value is -3.02. The molecule has 0 fully saturated rings. The molecule has 1 aliphatic rings. The van der Waals surface area contributed by atoms with E-state index in [1.165, 1.54) is 7.11 Å². The van der Waals surface area contributed by atoms with Crippen LogP contribution in [0, 0.1) is 0 Å². The third-order valence-corrected chi connectivity index (χ3v) is 5.16. The molecule has 6 nitrogen and oxygen atoms in total. The van der Waals surface area contributed by atoms with Crippen molar-refractivity contribution in [1.82, 2.24) is 4.90 Å². The lowest BCUT2D eigenvalue weighted by Crippen LogP contribution is -2.48. The Morgan fingerprint density at radius 1 is 1.03 bits per heavy atom. The van der Waals surface area contributed by atoms with Gasteiger partial charge in [-0.25, -0.2) is 9.59 Å². The van der Waals surface area contributed by atoms with Crippen molar-refractivity contribution in [1.29, 1.82) is 0 Å². The molecule has 0 aliphatic carbocycles. The number of esters is 1. The van der Waals surface area contributed by atoms with E-state index >= 15 is 0 Å². The standard InChI is InChI=1S/C24H29NO5/c1-15-13-18-14-19(28-5)11-12-20(18)21(25(15)23(27)30-24(2,3)4)16-7-9-17(10-8-16)22(26)29-6/h7-12,14-15,21H,13H2,1-6H3/t15-,21-/m0/s1. The zero-order valence-corrected chi connectivity index (χ0v) is 18.4. The molecule has 2 atom stereocenters. The zero-order valence-electron chi connectivity index (χ0n) is 18.4. The summed E-state index contributed by atoms with van der Waals surface area (Å²) in [5, 5.41) is 0. The van der Waals surface area contributed by atoms with Crippen molar-refractivity contribution in [3.63, 3.8) is 0 Å². The van der Waals surface area contributed by atoms with Crippen LogP contribution in [0.5, 0.6) is 5.75 Å². The molecule has 0 N–H and O–H groups in total. The summed E-state index contributed by atoms with van der Waals surface area (Å²) in [6.07, 6.45) is 0.334. The molecule has 0 spiro atoms. The van der Waals surface area contributed by atoms with Crippen molar-refractivity contribution >= 4 is 12.1 Å². The second-order valence-corrected chi connectivity index (χ2v) is 8.52. The van der Waals surface area contributed by atoms with Crippen molar-refractivity contribution < 1.29 is 23.8 Å². The van der Waals surface area contributed by atoms with E-state index in [1.807, 2.05) is 58.0 Å². The van der Waals surface area contributed by atoms with E-state index in [2.05, 4.69) is 0 Å². The van der Waals surface area contributed by atoms with Crippen LogP contribution < -0.4 is 4.74 Å². The van der Waals surface area contributed by atoms with Crippen LogP contribution in [-0.2, 0) is 15.9 Å². The van der Waals surface area contributed by atoms with Crippen molar-refractivity contribution in [3.8, 4) is 5.75 Å². The fourth-order valence-electron chi connectivity index (χ4n) is 3.83. The first-order chi connectivity index (χ1) is 14.1. The number of rotatable bonds is 3. The van der Waals surface area contributed by atoms with E-state index in [4.69, 9.17) is 14.2 Å². The minimum Gasteiger partial charge on any atom is -0.497 e. The number of carbonyl (C=O) groups is 2. The Kier molecular flexibility index (Phi) is 6.06. The van der Waals surface area contributed by atoms with Gasteiger partial charge in [-0.3, -0.25) is 4.90 Å². The summed E-state index contributed by atoms with van der Waals surface area (Å²) >= 11 is 0. The Bertz CT molecular complexity index is 930. The van der Waals surface area contributed by atoms with Crippen LogP contribution in [0.3, 0.4) is 0 Å². The van der Waals surface area contributed by atoms with Crippen molar-refractivity contribution in [3.05, 3.63) is 64.7 Å². The van der Waals surface area contributed by atoms with Gasteiger partial charge in [0.15, 0.2) is 0 Å². The lowest BCUT2D eigenvalue weighted by molar-refractivity contribution is 0.00808. The van der Waals surface area contributed by atoms with Gasteiger partial charge < -0.3 is 14.2 Å². The van der Waals surface area contributed by atoms with Gasteiger partial charge in [0.2, 0.25) is 0 Å². The van der Waals surface area contributed by atoms with E-state index in [0.717, 1.165) is 22.4 Å². The molecule has 1 amide bonds. The van der Waals surface area contributed by atoms with Gasteiger partial charge in [-0.05, 0) is 75.1 Å². The topological polar surface area (TPSA) is 65.1 Å². The SMILES string of the molecule is COC(=O)c1ccc([C@H]2c3ccc(OC)cc3C[C@H](C)N2C(=O)OC(C)(C)C)cc1. The van der Waals surface area contributed by atoms with Crippen molar-refractivity contribution in [2.45, 2.75) is 51.8 Å². The fourth-order valence-corrected chi connectivity index (χ4v) is 3.83. The Morgan fingerprint density at radius 2 is 1.70 bits per heavy atom. The molecule has 1 heterocycles. The summed E-state index contributed by atoms with van der Waals surface area (Å²) in [7, 11) is 3.00. The fraction of sp³-hybridized carbons (Fsp3) is 0.417. The highest BCUT2D eigenvalue weighted by Crippen LogP contribution is 2.40. The highest BCUT2D eigenvalue weighted by molar-refractivity contribution is 5.89. The number of ether oxygens (including phenoxy) is 3. The second kappa shape index (κ2) is 8.38. The first-order valence-electron chi connectivity index (χ1n) is 10.0. The van der Waals surface area contributed by atoms with E-state index in [9.17, 15) is 9.59 Å². The van der Waals surface area contributed by atoms with Gasteiger partial charge >= 0.3 is 12.1 Å². The summed E-state index contributed by atoms with van der Waals surface area (Å²) in [6.45, 7) is 7.59. The van der Waals surface area contributed by atoms with Gasteiger partial charge in [0.25, 0.3) is 0 Å². The Balaban J connectivity index is 2.09. The summed E-state index contributed by atoms with van der Waals surface area (Å²) < 4.78 is 15.9. The predicted molar refractivity (Wildman–Crippen MR) is 114 cm³/mol. The smallest absolute Gasteiger partial charge is 0.411 e. The quantitative estimate of drug-likeness (QED) is 0.682. The number of benzene rings is 2. The lowest BCUT2D eigenvalue weighted by atomic mass is 9.85. The highest BCUT2D eigenvalue weighted by Gasteiger charge is 2.38. The number of hydrogen-bond acceptors (Lipinski definition) is 5. The van der Waals surface area contributed by atoms with Crippen LogP contribution in [0.4, 0.5) is 4.79 Å². The molecule has 0 bridgehead atoms. The first-order valence-corrected chi connectivity index (χ1v) is 10.0. The predicted octanol–water partition coefficient (Wildman–Crippen LogP) is 4.75. The van der Waals surface area contributed by atoms with Crippen LogP contribution in [0.2, 0.25) is 0 Å². The number of nitrogens with zero attached hydrogens (tertiary/aromatic N) is 1. The second-order valence-electron chi connectivity index (χ2n) is 8.52. The molecular weight excluding hydrogens is 382 g/mol. The average molecular weight is 411 g/mol. The molecule has 0 unspecified atom stereocenters. The number of methoxy groups -OCH3 is 2. The largest absolute Gasteiger partial charge is 0.497 e. The number of fused-ring (bicyclic) bond motifs is 1. The Morgan fingerprint density at radius 3 is 2.27 bits per heavy atom. The van der Waals surface area contributed by atoms with Gasteiger partial charge in [0.05, 0.1) is 25.8 Å². The van der Waals surface area contributed by atoms with E-state index in [-0.39, 0.29) is 18.2 Å². The average Bonchev–Trinajstić information content (AvgIpc) is 2.70. The summed E-state index contributed by atoms with van der Waals surface area (Å²) in [5.74, 6) is 0.388. The molecule has 6 heteroatoms. The van der Waals surface area contributed by atoms with Gasteiger partial charge in [-0.1, -0.05) is 18.2 Å². The zero-order chi connectivity index (χ0) is 22.1. The molecule has 0 radical (unpaired) electrons. The molecule has 30 heavy (non-hydrogen) atoms. The minimum atomic E-state index is -0.601.